The Morgan fingerprint density at radius 2 is 0.667 bits per heavy atom. The van der Waals surface area contributed by atoms with Gasteiger partial charge in [0.15, 0.2) is 0 Å². The fourth-order valence-electron chi connectivity index (χ4n) is 9.12. The molecule has 4 amide bonds. The first-order valence-electron chi connectivity index (χ1n) is 24.1. The number of nitrogens with one attached hydrogen (secondary N) is 4. The lowest BCUT2D eigenvalue weighted by Gasteiger charge is -2.42. The maximum atomic E-state index is 12.3. The smallest absolute Gasteiger partial charge is 0.223 e. The summed E-state index contributed by atoms with van der Waals surface area (Å²) >= 11 is 0. The molecule has 0 aromatic heterocycles. The number of rotatable bonds is 20. The molecule has 4 unspecified atom stereocenters. The van der Waals surface area contributed by atoms with E-state index >= 15 is 0 Å². The molecule has 6 rings (SSSR count). The molecule has 0 aliphatic carbocycles. The lowest BCUT2D eigenvalue weighted by atomic mass is 9.96. The van der Waals surface area contributed by atoms with Crippen LogP contribution in [0.3, 0.4) is 0 Å². The number of hydrogen-bond acceptors (Lipinski definition) is 24. The van der Waals surface area contributed by atoms with Crippen molar-refractivity contribution < 1.29 is 118 Å². The van der Waals surface area contributed by atoms with Gasteiger partial charge in [-0.25, -0.2) is 0 Å². The number of ether oxygens (including phenoxy) is 8. The number of carbonyl (C=O) groups excluding carboxylic acids is 4. The molecule has 16 N–H and O–H groups in total. The Labute approximate surface area is 429 Å². The third kappa shape index (κ3) is 14.3. The second kappa shape index (κ2) is 26.3. The van der Waals surface area contributed by atoms with E-state index in [-0.39, 0.29) is 42.3 Å². The molecule has 28 nitrogen and oxygen atoms in total. The zero-order chi connectivity index (χ0) is 55.0. The first-order valence-corrected chi connectivity index (χ1v) is 24.1. The van der Waals surface area contributed by atoms with Crippen LogP contribution in [-0.4, -0.2) is 234 Å². The van der Waals surface area contributed by atoms with Gasteiger partial charge in [0, 0.05) is 39.8 Å². The van der Waals surface area contributed by atoms with Gasteiger partial charge < -0.3 is 120 Å². The molecular formula is C47H68N4O24. The van der Waals surface area contributed by atoms with Crippen LogP contribution in [0.4, 0.5) is 0 Å². The molecule has 4 heterocycles. The monoisotopic (exact) mass is 1070 g/mol. The van der Waals surface area contributed by atoms with Gasteiger partial charge in [0.2, 0.25) is 48.8 Å². The third-order valence-corrected chi connectivity index (χ3v) is 13.0. The van der Waals surface area contributed by atoms with Crippen LogP contribution < -0.4 is 40.2 Å². The van der Waals surface area contributed by atoms with Crippen LogP contribution >= 0.6 is 0 Å². The molecule has 4 aliphatic heterocycles. The summed E-state index contributed by atoms with van der Waals surface area (Å²) < 4.78 is 48.0. The van der Waals surface area contributed by atoms with Crippen molar-refractivity contribution >= 4 is 23.6 Å². The quantitative estimate of drug-likeness (QED) is 0.0586. The Hall–Kier alpha value is -5.12. The van der Waals surface area contributed by atoms with Gasteiger partial charge in [-0.3, -0.25) is 19.2 Å². The molecule has 20 atom stereocenters. The Bertz CT molecular complexity index is 2100. The van der Waals surface area contributed by atoms with E-state index in [1.165, 1.54) is 24.3 Å². The van der Waals surface area contributed by atoms with Crippen LogP contribution in [0.2, 0.25) is 0 Å². The third-order valence-electron chi connectivity index (χ3n) is 13.0. The van der Waals surface area contributed by atoms with Crippen molar-refractivity contribution in [2.24, 2.45) is 0 Å². The number of aliphatic hydroxyl groups excluding tert-OH is 12. The Balaban J connectivity index is 1.35. The van der Waals surface area contributed by atoms with E-state index in [1.54, 1.807) is 12.1 Å². The standard InChI is InChI=1S/C47H68N4O24/c1-18(56)48-32-40(64)36(60)28(14-52)72-44(32)68-24-10-8-22(26(12-24)70-46-34(50-20(3)58)42(66)38(62)30(16-54)74-46)6-5-7-23-9-11-25(69-45-33(49-19(2)57)41(65)37(61)29(15-53)73-45)13-27(23)71-47-35(51-21(4)59)43(67)39(63)31(17-55)75-47/h8-13,28-47,52-55,60-67H,5-7,14-17H2,1-4H3,(H,48,56)(H,49,57)(H,50,58)(H,51,59)/t28-,29-,30-,31-,32-,33-,34-,35-,36+,37+,38+,39+,40-,41-,42-,43-,44?,45?,46?,47?/m1/s1. The van der Waals surface area contributed by atoms with E-state index in [0.717, 1.165) is 27.7 Å². The van der Waals surface area contributed by atoms with E-state index in [4.69, 9.17) is 37.9 Å². The van der Waals surface area contributed by atoms with Gasteiger partial charge in [0.05, 0.1) is 26.4 Å². The highest BCUT2D eigenvalue weighted by Gasteiger charge is 2.50. The van der Waals surface area contributed by atoms with E-state index < -0.39 is 173 Å². The van der Waals surface area contributed by atoms with E-state index in [2.05, 4.69) is 21.3 Å². The van der Waals surface area contributed by atoms with Gasteiger partial charge in [-0.1, -0.05) is 12.1 Å². The van der Waals surface area contributed by atoms with Gasteiger partial charge >= 0.3 is 0 Å². The predicted molar refractivity (Wildman–Crippen MR) is 249 cm³/mol. The average molecular weight is 1070 g/mol. The highest BCUT2D eigenvalue weighted by molar-refractivity contribution is 5.74. The van der Waals surface area contributed by atoms with Gasteiger partial charge in [-0.2, -0.15) is 0 Å². The molecule has 0 bridgehead atoms. The Morgan fingerprint density at radius 3 is 0.907 bits per heavy atom. The molecular weight excluding hydrogens is 1000 g/mol. The summed E-state index contributed by atoms with van der Waals surface area (Å²) in [5, 5.41) is 136. The minimum absolute atomic E-state index is 0.0226. The second-order valence-corrected chi connectivity index (χ2v) is 18.6. The molecule has 420 valence electrons. The number of amides is 4. The molecule has 0 spiro atoms. The summed E-state index contributed by atoms with van der Waals surface area (Å²) in [4.78, 5) is 49.0. The van der Waals surface area contributed by atoms with E-state index in [9.17, 15) is 80.5 Å². The highest BCUT2D eigenvalue weighted by Crippen LogP contribution is 2.36. The van der Waals surface area contributed by atoms with Crippen molar-refractivity contribution in [2.45, 2.75) is 170 Å². The minimum atomic E-state index is -1.71. The van der Waals surface area contributed by atoms with Crippen molar-refractivity contribution in [3.8, 4) is 23.0 Å². The lowest BCUT2D eigenvalue weighted by molar-refractivity contribution is -0.245. The van der Waals surface area contributed by atoms with Crippen LogP contribution in [-0.2, 0) is 51.0 Å². The summed E-state index contributed by atoms with van der Waals surface area (Å²) in [5.41, 5.74) is 0.814. The molecule has 0 radical (unpaired) electrons. The summed E-state index contributed by atoms with van der Waals surface area (Å²) in [5.74, 6) is -2.62. The molecule has 4 aliphatic rings. The number of carbonyl (C=O) groups is 4. The zero-order valence-corrected chi connectivity index (χ0v) is 41.2. The molecule has 28 heteroatoms. The zero-order valence-electron chi connectivity index (χ0n) is 41.2. The second-order valence-electron chi connectivity index (χ2n) is 18.6. The fourth-order valence-corrected chi connectivity index (χ4v) is 9.12. The van der Waals surface area contributed by atoms with Crippen molar-refractivity contribution in [1.29, 1.82) is 0 Å². The molecule has 75 heavy (non-hydrogen) atoms. The van der Waals surface area contributed by atoms with Crippen LogP contribution in [0.1, 0.15) is 45.2 Å². The van der Waals surface area contributed by atoms with Crippen molar-refractivity contribution in [3.05, 3.63) is 47.5 Å². The van der Waals surface area contributed by atoms with Gasteiger partial charge in [-0.05, 0) is 42.5 Å². The van der Waals surface area contributed by atoms with Crippen molar-refractivity contribution in [3.63, 3.8) is 0 Å². The first-order chi connectivity index (χ1) is 35.6. The summed E-state index contributed by atoms with van der Waals surface area (Å²) in [7, 11) is 0. The topological polar surface area (TPSA) is 433 Å². The Morgan fingerprint density at radius 1 is 0.413 bits per heavy atom. The van der Waals surface area contributed by atoms with Gasteiger partial charge in [-0.15, -0.1) is 0 Å². The molecule has 0 saturated carbocycles. The SMILES string of the molecule is CC(=O)N[C@H]1C(Oc2ccc(CCCc3ccc(OC4O[C@H](CO)[C@H](O)[C@H](O)[C@H]4NC(C)=O)cc3OC3O[C@H](CO)[C@H](O)[C@H](O)[C@H]3NC(C)=O)c(OC3O[C@H](CO)[C@H](O)[C@H](O)[C@H]3NC(C)=O)c2)O[C@H](CO)[C@H](O)[C@@H]1O. The normalized spacial score (nSPS) is 35.8. The van der Waals surface area contributed by atoms with E-state index in [0.29, 0.717) is 11.1 Å². The number of aliphatic hydroxyl groups is 12. The fraction of sp³-hybridized carbons (Fsp3) is 0.660. The largest absolute Gasteiger partial charge is 0.462 e. The number of hydrogen-bond donors (Lipinski definition) is 16. The van der Waals surface area contributed by atoms with Crippen molar-refractivity contribution in [1.82, 2.24) is 21.3 Å². The maximum absolute atomic E-state index is 12.3. The maximum Gasteiger partial charge on any atom is 0.223 e. The van der Waals surface area contributed by atoms with Crippen LogP contribution in [0, 0.1) is 0 Å². The van der Waals surface area contributed by atoms with Gasteiger partial charge in [0.1, 0.15) is 120 Å². The lowest BCUT2D eigenvalue weighted by Crippen LogP contribution is -2.65. The van der Waals surface area contributed by atoms with Crippen LogP contribution in [0.5, 0.6) is 23.0 Å². The molecule has 2 aromatic rings. The van der Waals surface area contributed by atoms with Crippen LogP contribution in [0.15, 0.2) is 36.4 Å². The summed E-state index contributed by atoms with van der Waals surface area (Å²) in [6, 6.07) is 3.17. The average Bonchev–Trinajstić information content (AvgIpc) is 3.36. The first kappa shape index (κ1) is 59.1. The summed E-state index contributed by atoms with van der Waals surface area (Å²) in [6.07, 6.45) is -24.5. The Kier molecular flexibility index (Phi) is 20.7. The predicted octanol–water partition coefficient (Wildman–Crippen LogP) is -6.85. The molecule has 2 aromatic carbocycles. The van der Waals surface area contributed by atoms with Crippen LogP contribution in [0.25, 0.3) is 0 Å². The van der Waals surface area contributed by atoms with Crippen molar-refractivity contribution in [2.75, 3.05) is 26.4 Å². The minimum Gasteiger partial charge on any atom is -0.462 e. The van der Waals surface area contributed by atoms with Gasteiger partial charge in [0.25, 0.3) is 0 Å². The number of benzene rings is 2. The molecule has 4 saturated heterocycles. The van der Waals surface area contributed by atoms with E-state index in [1.807, 2.05) is 0 Å². The highest BCUT2D eigenvalue weighted by atomic mass is 16.7. The summed E-state index contributed by atoms with van der Waals surface area (Å²) in [6.45, 7) is 1.60. The molecule has 4 fully saturated rings. The number of aryl methyl sites for hydroxylation is 2.